The van der Waals surface area contributed by atoms with Crippen LogP contribution in [0.15, 0.2) is 0 Å². The van der Waals surface area contributed by atoms with Gasteiger partial charge in [0.2, 0.25) is 0 Å². The molecule has 0 rings (SSSR count). The van der Waals surface area contributed by atoms with Gasteiger partial charge in [-0.15, -0.1) is 0 Å². The third-order valence-electron chi connectivity index (χ3n) is 2.65. The van der Waals surface area contributed by atoms with E-state index in [1.165, 1.54) is 0 Å². The molecule has 0 aliphatic heterocycles. The van der Waals surface area contributed by atoms with E-state index in [0.29, 0.717) is 12.3 Å². The van der Waals surface area contributed by atoms with Crippen molar-refractivity contribution < 1.29 is 8.78 Å². The van der Waals surface area contributed by atoms with Crippen LogP contribution >= 0.6 is 0 Å². The summed E-state index contributed by atoms with van der Waals surface area (Å²) < 4.78 is 24.8. The van der Waals surface area contributed by atoms with Gasteiger partial charge in [0.25, 0.3) is 6.43 Å². The molecule has 0 heterocycles. The Kier molecular flexibility index (Phi) is 7.99. The Morgan fingerprint density at radius 3 is 2.29 bits per heavy atom. The fourth-order valence-corrected chi connectivity index (χ4v) is 1.58. The van der Waals surface area contributed by atoms with Crippen LogP contribution in [-0.4, -0.2) is 12.5 Å². The first-order valence-electron chi connectivity index (χ1n) is 5.39. The first kappa shape index (κ1) is 13.8. The predicted octanol–water partition coefficient (Wildman–Crippen LogP) is 2.69. The molecule has 0 amide bonds. The average Bonchev–Trinajstić information content (AvgIpc) is 2.18. The Morgan fingerprint density at radius 2 is 1.93 bits per heavy atom. The quantitative estimate of drug-likeness (QED) is 0.475. The van der Waals surface area contributed by atoms with Gasteiger partial charge in [0, 0.05) is 0 Å². The molecule has 0 bridgehead atoms. The molecule has 3 N–H and O–H groups in total. The molecule has 0 aliphatic carbocycles. The number of hydrogen-bond donors (Lipinski definition) is 2. The van der Waals surface area contributed by atoms with Gasteiger partial charge in [-0.05, 0) is 12.3 Å². The molecular formula is C10H22F2N2. The lowest BCUT2D eigenvalue weighted by atomic mass is 9.92. The molecule has 0 aromatic rings. The van der Waals surface area contributed by atoms with Gasteiger partial charge in [0.15, 0.2) is 0 Å². The maximum atomic E-state index is 12.4. The van der Waals surface area contributed by atoms with Gasteiger partial charge in [-0.3, -0.25) is 11.3 Å². The van der Waals surface area contributed by atoms with Gasteiger partial charge < -0.3 is 0 Å². The molecule has 0 fully saturated rings. The number of nitrogens with one attached hydrogen (secondary N) is 1. The molecule has 2 unspecified atom stereocenters. The van der Waals surface area contributed by atoms with Gasteiger partial charge in [0.1, 0.15) is 0 Å². The molecule has 86 valence electrons. The van der Waals surface area contributed by atoms with Crippen LogP contribution in [0.2, 0.25) is 0 Å². The van der Waals surface area contributed by atoms with Gasteiger partial charge in [-0.2, -0.15) is 0 Å². The topological polar surface area (TPSA) is 38.0 Å². The van der Waals surface area contributed by atoms with Crippen molar-refractivity contribution in [1.29, 1.82) is 0 Å². The Labute approximate surface area is 85.2 Å². The third-order valence-corrected chi connectivity index (χ3v) is 2.65. The average molecular weight is 208 g/mol. The van der Waals surface area contributed by atoms with Crippen LogP contribution in [0.1, 0.15) is 46.0 Å². The number of nitrogens with two attached hydrogens (primary N) is 1. The van der Waals surface area contributed by atoms with Crippen molar-refractivity contribution in [3.05, 3.63) is 0 Å². The molecule has 2 atom stereocenters. The maximum absolute atomic E-state index is 12.4. The van der Waals surface area contributed by atoms with Gasteiger partial charge >= 0.3 is 0 Å². The normalized spacial score (nSPS) is 15.9. The van der Waals surface area contributed by atoms with E-state index in [2.05, 4.69) is 12.3 Å². The minimum Gasteiger partial charge on any atom is -0.271 e. The molecule has 14 heavy (non-hydrogen) atoms. The number of hydrazine groups is 1. The monoisotopic (exact) mass is 208 g/mol. The zero-order valence-corrected chi connectivity index (χ0v) is 9.10. The summed E-state index contributed by atoms with van der Waals surface area (Å²) in [4.78, 5) is 0. The van der Waals surface area contributed by atoms with Crippen LogP contribution in [0, 0.1) is 5.92 Å². The summed E-state index contributed by atoms with van der Waals surface area (Å²) in [6.07, 6.45) is 2.31. The Bertz CT molecular complexity index is 131. The van der Waals surface area contributed by atoms with E-state index in [4.69, 9.17) is 5.84 Å². The van der Waals surface area contributed by atoms with Crippen LogP contribution in [0.5, 0.6) is 0 Å². The minimum absolute atomic E-state index is 0.366. The lowest BCUT2D eigenvalue weighted by Gasteiger charge is -2.21. The molecule has 0 radical (unpaired) electrons. The lowest BCUT2D eigenvalue weighted by molar-refractivity contribution is 0.0840. The highest BCUT2D eigenvalue weighted by Gasteiger charge is 2.22. The molecule has 0 aliphatic rings. The molecule has 2 nitrogen and oxygen atoms in total. The largest absolute Gasteiger partial charge is 0.271 e. The highest BCUT2D eigenvalue weighted by molar-refractivity contribution is 4.71. The lowest BCUT2D eigenvalue weighted by Crippen LogP contribution is -2.41. The number of unbranched alkanes of at least 4 members (excludes halogenated alkanes) is 1. The molecular weight excluding hydrogens is 186 g/mol. The van der Waals surface area contributed by atoms with Crippen molar-refractivity contribution in [3.63, 3.8) is 0 Å². The van der Waals surface area contributed by atoms with Crippen molar-refractivity contribution in [1.82, 2.24) is 5.43 Å². The van der Waals surface area contributed by atoms with E-state index < -0.39 is 12.5 Å². The fraction of sp³-hybridized carbons (Fsp3) is 1.00. The molecule has 0 saturated carbocycles. The van der Waals surface area contributed by atoms with Gasteiger partial charge in [-0.1, -0.05) is 39.5 Å². The van der Waals surface area contributed by atoms with E-state index >= 15 is 0 Å². The smallest absolute Gasteiger partial charge is 0.255 e. The van der Waals surface area contributed by atoms with Crippen LogP contribution in [-0.2, 0) is 0 Å². The van der Waals surface area contributed by atoms with Crippen molar-refractivity contribution in [2.75, 3.05) is 0 Å². The summed E-state index contributed by atoms with van der Waals surface area (Å²) in [5.74, 6) is 5.44. The zero-order chi connectivity index (χ0) is 11.0. The predicted molar refractivity (Wildman–Crippen MR) is 55.0 cm³/mol. The first-order valence-corrected chi connectivity index (χ1v) is 5.39. The highest BCUT2D eigenvalue weighted by atomic mass is 19.3. The van der Waals surface area contributed by atoms with E-state index in [9.17, 15) is 8.78 Å². The maximum Gasteiger partial charge on any atom is 0.255 e. The summed E-state index contributed by atoms with van der Waals surface area (Å²) in [5.41, 5.74) is 2.19. The number of hydrogen-bond acceptors (Lipinski definition) is 2. The molecule has 0 aromatic heterocycles. The van der Waals surface area contributed by atoms with E-state index in [0.717, 1.165) is 25.7 Å². The Hall–Kier alpha value is -0.220. The standard InChI is InChI=1S/C10H22F2N2/c1-3-5-6-8(4-2)7-9(14-13)10(11)12/h8-10,14H,3-7,13H2,1-2H3. The van der Waals surface area contributed by atoms with Crippen molar-refractivity contribution in [2.24, 2.45) is 11.8 Å². The van der Waals surface area contributed by atoms with Crippen LogP contribution in [0.4, 0.5) is 8.78 Å². The summed E-state index contributed by atoms with van der Waals surface area (Å²) in [5, 5.41) is 0. The van der Waals surface area contributed by atoms with Crippen LogP contribution in [0.3, 0.4) is 0 Å². The van der Waals surface area contributed by atoms with Crippen LogP contribution in [0.25, 0.3) is 0 Å². The summed E-state index contributed by atoms with van der Waals surface area (Å²) in [6.45, 7) is 4.15. The minimum atomic E-state index is -2.37. The van der Waals surface area contributed by atoms with Crippen LogP contribution < -0.4 is 11.3 Å². The van der Waals surface area contributed by atoms with Crippen molar-refractivity contribution >= 4 is 0 Å². The number of alkyl halides is 2. The molecule has 4 heteroatoms. The first-order chi connectivity index (χ1) is 6.65. The molecule has 0 aromatic carbocycles. The second kappa shape index (κ2) is 8.12. The summed E-state index contributed by atoms with van der Waals surface area (Å²) in [7, 11) is 0. The van der Waals surface area contributed by atoms with Gasteiger partial charge in [-0.25, -0.2) is 8.78 Å². The van der Waals surface area contributed by atoms with Gasteiger partial charge in [0.05, 0.1) is 6.04 Å². The molecule has 0 spiro atoms. The summed E-state index contributed by atoms with van der Waals surface area (Å²) >= 11 is 0. The van der Waals surface area contributed by atoms with E-state index in [-0.39, 0.29) is 0 Å². The summed E-state index contributed by atoms with van der Waals surface area (Å²) in [6, 6.07) is -0.850. The van der Waals surface area contributed by atoms with Crippen molar-refractivity contribution in [2.45, 2.75) is 58.4 Å². The van der Waals surface area contributed by atoms with E-state index in [1.54, 1.807) is 0 Å². The zero-order valence-electron chi connectivity index (χ0n) is 9.10. The Balaban J connectivity index is 3.87. The molecule has 0 saturated heterocycles. The Morgan fingerprint density at radius 1 is 1.29 bits per heavy atom. The second-order valence-corrected chi connectivity index (χ2v) is 3.76. The van der Waals surface area contributed by atoms with Crippen molar-refractivity contribution in [3.8, 4) is 0 Å². The number of rotatable bonds is 8. The fourth-order valence-electron chi connectivity index (χ4n) is 1.58. The van der Waals surface area contributed by atoms with E-state index in [1.807, 2.05) is 6.92 Å². The second-order valence-electron chi connectivity index (χ2n) is 3.76. The number of halogens is 2. The third kappa shape index (κ3) is 5.50. The SMILES string of the molecule is CCCCC(CC)CC(NN)C(F)F. The highest BCUT2D eigenvalue weighted by Crippen LogP contribution is 2.20.